The molecule has 1 aliphatic heterocycles. The summed E-state index contributed by atoms with van der Waals surface area (Å²) in [7, 11) is 0. The highest BCUT2D eigenvalue weighted by atomic mass is 32.1. The third-order valence-corrected chi connectivity index (χ3v) is 5.59. The molecule has 3 heterocycles. The largest absolute Gasteiger partial charge is 0.353 e. The van der Waals surface area contributed by atoms with Gasteiger partial charge in [-0.05, 0) is 31.2 Å². The number of amides is 1. The molecule has 1 aliphatic carbocycles. The van der Waals surface area contributed by atoms with E-state index in [9.17, 15) is 4.79 Å². The number of rotatable bonds is 4. The van der Waals surface area contributed by atoms with Crippen LogP contribution in [-0.4, -0.2) is 59.0 Å². The van der Waals surface area contributed by atoms with Gasteiger partial charge in [0, 0.05) is 32.2 Å². The summed E-state index contributed by atoms with van der Waals surface area (Å²) in [6.07, 6.45) is 3.91. The average molecular weight is 331 g/mol. The lowest BCUT2D eigenvalue weighted by atomic mass is 10.2. The molecular weight excluding hydrogens is 310 g/mol. The standard InChI is InChI=1S/C16H21N5OS/c1-11(16(22)19-12-2-3-12)20-5-7-21(8-6-20)15-14-13(4-9-23-14)17-10-18-15/h4,9-12H,2-3,5-8H2,1H3,(H,19,22)/t11-/m1/s1. The third kappa shape index (κ3) is 3.03. The van der Waals surface area contributed by atoms with E-state index in [0.717, 1.165) is 55.1 Å². The van der Waals surface area contributed by atoms with Gasteiger partial charge >= 0.3 is 0 Å². The van der Waals surface area contributed by atoms with E-state index < -0.39 is 0 Å². The van der Waals surface area contributed by atoms with Gasteiger partial charge in [-0.25, -0.2) is 9.97 Å². The molecule has 2 aromatic rings. The van der Waals surface area contributed by atoms with Crippen LogP contribution in [0.15, 0.2) is 17.8 Å². The molecule has 0 radical (unpaired) electrons. The maximum atomic E-state index is 12.2. The van der Waals surface area contributed by atoms with Gasteiger partial charge in [0.25, 0.3) is 0 Å². The predicted octanol–water partition coefficient (Wildman–Crippen LogP) is 1.48. The molecule has 1 amide bonds. The first-order chi connectivity index (χ1) is 11.2. The fourth-order valence-electron chi connectivity index (χ4n) is 3.04. The average Bonchev–Trinajstić information content (AvgIpc) is 3.26. The Kier molecular flexibility index (Phi) is 3.90. The second-order valence-electron chi connectivity index (χ2n) is 6.31. The summed E-state index contributed by atoms with van der Waals surface area (Å²) in [5.74, 6) is 1.20. The Balaban J connectivity index is 1.40. The van der Waals surface area contributed by atoms with Gasteiger partial charge in [0.1, 0.15) is 12.1 Å². The van der Waals surface area contributed by atoms with Gasteiger partial charge in [-0.3, -0.25) is 9.69 Å². The van der Waals surface area contributed by atoms with Crippen molar-refractivity contribution in [1.82, 2.24) is 20.2 Å². The molecule has 23 heavy (non-hydrogen) atoms. The molecular formula is C16H21N5OS. The van der Waals surface area contributed by atoms with Crippen LogP contribution in [0.2, 0.25) is 0 Å². The maximum Gasteiger partial charge on any atom is 0.237 e. The Morgan fingerprint density at radius 3 is 2.83 bits per heavy atom. The molecule has 1 N–H and O–H groups in total. The number of carbonyl (C=O) groups excluding carboxylic acids is 1. The van der Waals surface area contributed by atoms with E-state index >= 15 is 0 Å². The summed E-state index contributed by atoms with van der Waals surface area (Å²) >= 11 is 1.69. The molecule has 1 atom stereocenters. The molecule has 122 valence electrons. The van der Waals surface area contributed by atoms with Crippen molar-refractivity contribution in [2.24, 2.45) is 0 Å². The van der Waals surface area contributed by atoms with E-state index in [2.05, 4.69) is 30.5 Å². The molecule has 0 unspecified atom stereocenters. The van der Waals surface area contributed by atoms with Crippen LogP contribution in [0.3, 0.4) is 0 Å². The number of nitrogens with zero attached hydrogens (tertiary/aromatic N) is 4. The number of hydrogen-bond donors (Lipinski definition) is 1. The van der Waals surface area contributed by atoms with Crippen molar-refractivity contribution in [2.45, 2.75) is 31.8 Å². The van der Waals surface area contributed by atoms with Crippen molar-refractivity contribution in [1.29, 1.82) is 0 Å². The number of thiophene rings is 1. The Morgan fingerprint density at radius 2 is 2.09 bits per heavy atom. The highest BCUT2D eigenvalue weighted by Gasteiger charge is 2.30. The molecule has 0 bridgehead atoms. The Morgan fingerprint density at radius 1 is 1.30 bits per heavy atom. The number of aromatic nitrogens is 2. The van der Waals surface area contributed by atoms with Crippen LogP contribution in [0.5, 0.6) is 0 Å². The van der Waals surface area contributed by atoms with Crippen LogP contribution in [0.25, 0.3) is 10.2 Å². The molecule has 2 fully saturated rings. The minimum absolute atomic E-state index is 0.0510. The third-order valence-electron chi connectivity index (χ3n) is 4.69. The van der Waals surface area contributed by atoms with Gasteiger partial charge in [0.2, 0.25) is 5.91 Å². The lowest BCUT2D eigenvalue weighted by molar-refractivity contribution is -0.126. The van der Waals surface area contributed by atoms with Gasteiger partial charge in [0.15, 0.2) is 0 Å². The lowest BCUT2D eigenvalue weighted by Crippen LogP contribution is -2.54. The van der Waals surface area contributed by atoms with Gasteiger partial charge in [-0.1, -0.05) is 0 Å². The summed E-state index contributed by atoms with van der Waals surface area (Å²) in [4.78, 5) is 25.6. The first kappa shape index (κ1) is 14.8. The lowest BCUT2D eigenvalue weighted by Gasteiger charge is -2.38. The number of nitrogens with one attached hydrogen (secondary N) is 1. The van der Waals surface area contributed by atoms with Crippen molar-refractivity contribution < 1.29 is 4.79 Å². The smallest absolute Gasteiger partial charge is 0.237 e. The van der Waals surface area contributed by atoms with Crippen LogP contribution in [0.4, 0.5) is 5.82 Å². The number of piperazine rings is 1. The summed E-state index contributed by atoms with van der Waals surface area (Å²) in [5, 5.41) is 5.16. The number of carbonyl (C=O) groups is 1. The summed E-state index contributed by atoms with van der Waals surface area (Å²) in [6.45, 7) is 5.57. The molecule has 2 aromatic heterocycles. The van der Waals surface area contributed by atoms with Crippen molar-refractivity contribution in [3.8, 4) is 0 Å². The van der Waals surface area contributed by atoms with Crippen molar-refractivity contribution in [3.63, 3.8) is 0 Å². The maximum absolute atomic E-state index is 12.2. The van der Waals surface area contributed by atoms with E-state index in [0.29, 0.717) is 6.04 Å². The molecule has 6 nitrogen and oxygen atoms in total. The number of fused-ring (bicyclic) bond motifs is 1. The molecule has 2 aliphatic rings. The molecule has 4 rings (SSSR count). The first-order valence-corrected chi connectivity index (χ1v) is 9.08. The van der Waals surface area contributed by atoms with Crippen LogP contribution >= 0.6 is 11.3 Å². The fraction of sp³-hybridized carbons (Fsp3) is 0.562. The van der Waals surface area contributed by atoms with Crippen LogP contribution in [0.1, 0.15) is 19.8 Å². The normalized spacial score (nSPS) is 20.7. The highest BCUT2D eigenvalue weighted by Crippen LogP contribution is 2.28. The second-order valence-corrected chi connectivity index (χ2v) is 7.23. The zero-order chi connectivity index (χ0) is 15.8. The van der Waals surface area contributed by atoms with E-state index in [1.54, 1.807) is 17.7 Å². The summed E-state index contributed by atoms with van der Waals surface area (Å²) < 4.78 is 1.15. The Labute approximate surface area is 139 Å². The first-order valence-electron chi connectivity index (χ1n) is 8.20. The van der Waals surface area contributed by atoms with Crippen LogP contribution < -0.4 is 10.2 Å². The fourth-order valence-corrected chi connectivity index (χ4v) is 3.90. The number of anilines is 1. The monoisotopic (exact) mass is 331 g/mol. The van der Waals surface area contributed by atoms with E-state index in [-0.39, 0.29) is 11.9 Å². The topological polar surface area (TPSA) is 61.4 Å². The van der Waals surface area contributed by atoms with Gasteiger partial charge in [-0.15, -0.1) is 11.3 Å². The van der Waals surface area contributed by atoms with Gasteiger partial charge < -0.3 is 10.2 Å². The molecule has 0 aromatic carbocycles. The highest BCUT2D eigenvalue weighted by molar-refractivity contribution is 7.17. The zero-order valence-corrected chi connectivity index (χ0v) is 14.1. The van der Waals surface area contributed by atoms with Crippen molar-refractivity contribution in [2.75, 3.05) is 31.1 Å². The van der Waals surface area contributed by atoms with Crippen LogP contribution in [-0.2, 0) is 4.79 Å². The summed E-state index contributed by atoms with van der Waals surface area (Å²) in [6, 6.07) is 2.41. The van der Waals surface area contributed by atoms with Gasteiger partial charge in [0.05, 0.1) is 16.3 Å². The SMILES string of the molecule is C[C@H](C(=O)NC1CC1)N1CCN(c2ncnc3ccsc23)CC1. The Hall–Kier alpha value is -1.73. The molecule has 1 saturated carbocycles. The minimum atomic E-state index is -0.0510. The quantitative estimate of drug-likeness (QED) is 0.919. The molecule has 1 saturated heterocycles. The van der Waals surface area contributed by atoms with E-state index in [1.165, 1.54) is 0 Å². The second kappa shape index (κ2) is 6.05. The van der Waals surface area contributed by atoms with Crippen molar-refractivity contribution >= 4 is 33.3 Å². The predicted molar refractivity (Wildman–Crippen MR) is 91.8 cm³/mol. The minimum Gasteiger partial charge on any atom is -0.353 e. The summed E-state index contributed by atoms with van der Waals surface area (Å²) in [5.41, 5.74) is 1.01. The van der Waals surface area contributed by atoms with Crippen LogP contribution in [0, 0.1) is 0 Å². The Bertz CT molecular complexity index is 705. The van der Waals surface area contributed by atoms with Gasteiger partial charge in [-0.2, -0.15) is 0 Å². The van der Waals surface area contributed by atoms with E-state index in [4.69, 9.17) is 0 Å². The molecule has 7 heteroatoms. The zero-order valence-electron chi connectivity index (χ0n) is 13.2. The number of hydrogen-bond acceptors (Lipinski definition) is 6. The molecule has 0 spiro atoms. The van der Waals surface area contributed by atoms with Crippen molar-refractivity contribution in [3.05, 3.63) is 17.8 Å². The van der Waals surface area contributed by atoms with E-state index in [1.807, 2.05) is 13.0 Å².